The molecule has 0 radical (unpaired) electrons. The van der Waals surface area contributed by atoms with Gasteiger partial charge in [0, 0.05) is 23.3 Å². The fraction of sp³-hybridized carbons (Fsp3) is 0. The molecule has 0 fully saturated rings. The largest absolute Gasteiger partial charge is 0.477 e. The van der Waals surface area contributed by atoms with E-state index >= 15 is 0 Å². The van der Waals surface area contributed by atoms with Crippen molar-refractivity contribution in [2.45, 2.75) is 0 Å². The van der Waals surface area contributed by atoms with Gasteiger partial charge in [-0.3, -0.25) is 10.1 Å². The van der Waals surface area contributed by atoms with E-state index in [0.29, 0.717) is 10.6 Å². The molecule has 0 aliphatic heterocycles. The number of thiazole rings is 1. The van der Waals surface area contributed by atoms with E-state index in [2.05, 4.69) is 4.98 Å². The van der Waals surface area contributed by atoms with Crippen molar-refractivity contribution in [1.29, 1.82) is 0 Å². The Morgan fingerprint density at radius 2 is 1.78 bits per heavy atom. The number of hydrogen-bond acceptors (Lipinski definition) is 5. The standard InChI is InChI=1S/C16H10N2O4S/c19-16(20)14-13(11-7-4-8-12(9-11)18(21)22)17-15(23-14)10-5-2-1-3-6-10/h1-9H,(H,19,20). The number of carbonyl (C=O) groups is 1. The Morgan fingerprint density at radius 1 is 1.09 bits per heavy atom. The fourth-order valence-electron chi connectivity index (χ4n) is 2.13. The number of nitro benzene ring substituents is 1. The lowest BCUT2D eigenvalue weighted by Gasteiger charge is -1.99. The molecule has 7 heteroatoms. The second-order valence-electron chi connectivity index (χ2n) is 4.68. The van der Waals surface area contributed by atoms with Gasteiger partial charge in [0.2, 0.25) is 0 Å². The Hall–Kier alpha value is -3.06. The first-order valence-corrected chi connectivity index (χ1v) is 7.42. The SMILES string of the molecule is O=C(O)c1sc(-c2ccccc2)nc1-c1cccc([N+](=O)[O-])c1. The summed E-state index contributed by atoms with van der Waals surface area (Å²) in [6.07, 6.45) is 0. The Balaban J connectivity index is 2.15. The van der Waals surface area contributed by atoms with Gasteiger partial charge >= 0.3 is 5.97 Å². The third-order valence-electron chi connectivity index (χ3n) is 3.17. The van der Waals surface area contributed by atoms with Crippen molar-refractivity contribution in [2.75, 3.05) is 0 Å². The minimum atomic E-state index is -1.11. The predicted molar refractivity (Wildman–Crippen MR) is 86.6 cm³/mol. The zero-order chi connectivity index (χ0) is 16.4. The van der Waals surface area contributed by atoms with Crippen molar-refractivity contribution in [3.8, 4) is 21.8 Å². The number of nitrogens with zero attached hydrogens (tertiary/aromatic N) is 2. The van der Waals surface area contributed by atoms with Gasteiger partial charge in [-0.15, -0.1) is 11.3 Å². The van der Waals surface area contributed by atoms with Gasteiger partial charge in [-0.2, -0.15) is 0 Å². The molecule has 1 heterocycles. The predicted octanol–water partition coefficient (Wildman–Crippen LogP) is 4.08. The van der Waals surface area contributed by atoms with Crippen molar-refractivity contribution in [1.82, 2.24) is 4.98 Å². The van der Waals surface area contributed by atoms with Crippen LogP contribution in [0.2, 0.25) is 0 Å². The molecule has 3 aromatic rings. The van der Waals surface area contributed by atoms with Crippen molar-refractivity contribution >= 4 is 23.0 Å². The summed E-state index contributed by atoms with van der Waals surface area (Å²) < 4.78 is 0. The van der Waals surface area contributed by atoms with E-state index in [1.54, 1.807) is 6.07 Å². The van der Waals surface area contributed by atoms with E-state index < -0.39 is 10.9 Å². The van der Waals surface area contributed by atoms with Crippen LogP contribution in [0.3, 0.4) is 0 Å². The summed E-state index contributed by atoms with van der Waals surface area (Å²) in [6, 6.07) is 15.0. The van der Waals surface area contributed by atoms with E-state index in [4.69, 9.17) is 0 Å². The van der Waals surface area contributed by atoms with Crippen LogP contribution in [0.5, 0.6) is 0 Å². The number of aromatic carboxylic acids is 1. The zero-order valence-corrected chi connectivity index (χ0v) is 12.5. The number of aromatic nitrogens is 1. The lowest BCUT2D eigenvalue weighted by Crippen LogP contribution is -1.96. The molecule has 1 aromatic heterocycles. The molecule has 0 aliphatic rings. The van der Waals surface area contributed by atoms with Crippen LogP contribution in [0.4, 0.5) is 5.69 Å². The Morgan fingerprint density at radius 3 is 2.43 bits per heavy atom. The first kappa shape index (κ1) is 14.9. The normalized spacial score (nSPS) is 10.4. The third-order valence-corrected chi connectivity index (χ3v) is 4.26. The van der Waals surface area contributed by atoms with Crippen LogP contribution < -0.4 is 0 Å². The maximum atomic E-state index is 11.5. The van der Waals surface area contributed by atoms with Crippen molar-refractivity contribution < 1.29 is 14.8 Å². The second-order valence-corrected chi connectivity index (χ2v) is 5.67. The van der Waals surface area contributed by atoms with Crippen molar-refractivity contribution in [2.24, 2.45) is 0 Å². The van der Waals surface area contributed by atoms with Gasteiger partial charge in [0.1, 0.15) is 9.88 Å². The second kappa shape index (κ2) is 5.98. The fourth-order valence-corrected chi connectivity index (χ4v) is 3.06. The number of non-ortho nitro benzene ring substituents is 1. The molecule has 0 spiro atoms. The molecule has 0 aliphatic carbocycles. The molecule has 6 nitrogen and oxygen atoms in total. The summed E-state index contributed by atoms with van der Waals surface area (Å²) in [5.41, 5.74) is 1.35. The Bertz CT molecular complexity index is 890. The number of nitro groups is 1. The van der Waals surface area contributed by atoms with Crippen LogP contribution in [0.1, 0.15) is 9.67 Å². The molecule has 23 heavy (non-hydrogen) atoms. The van der Waals surface area contributed by atoms with Crippen LogP contribution in [-0.2, 0) is 0 Å². The number of hydrogen-bond donors (Lipinski definition) is 1. The van der Waals surface area contributed by atoms with Crippen LogP contribution in [-0.4, -0.2) is 21.0 Å². The van der Waals surface area contributed by atoms with E-state index in [0.717, 1.165) is 16.9 Å². The van der Waals surface area contributed by atoms with Crippen LogP contribution in [0, 0.1) is 10.1 Å². The average Bonchev–Trinajstić information content (AvgIpc) is 3.01. The molecule has 0 amide bonds. The Labute approximate surface area is 134 Å². The summed E-state index contributed by atoms with van der Waals surface area (Å²) in [5, 5.41) is 20.9. The van der Waals surface area contributed by atoms with E-state index in [1.807, 2.05) is 30.3 Å². The lowest BCUT2D eigenvalue weighted by molar-refractivity contribution is -0.384. The van der Waals surface area contributed by atoms with Crippen LogP contribution in [0.25, 0.3) is 21.8 Å². The van der Waals surface area contributed by atoms with Crippen LogP contribution in [0.15, 0.2) is 54.6 Å². The molecular weight excluding hydrogens is 316 g/mol. The first-order chi connectivity index (χ1) is 11.1. The van der Waals surface area contributed by atoms with E-state index in [-0.39, 0.29) is 16.3 Å². The molecule has 114 valence electrons. The molecule has 3 rings (SSSR count). The minimum absolute atomic E-state index is 0.0596. The van der Waals surface area contributed by atoms with Gasteiger partial charge in [-0.05, 0) is 0 Å². The highest BCUT2D eigenvalue weighted by Gasteiger charge is 2.20. The highest BCUT2D eigenvalue weighted by molar-refractivity contribution is 7.17. The lowest BCUT2D eigenvalue weighted by atomic mass is 10.1. The summed E-state index contributed by atoms with van der Waals surface area (Å²) >= 11 is 1.05. The number of carboxylic acids is 1. The van der Waals surface area contributed by atoms with Gasteiger partial charge in [0.05, 0.1) is 10.6 Å². The third kappa shape index (κ3) is 2.95. The smallest absolute Gasteiger partial charge is 0.348 e. The monoisotopic (exact) mass is 326 g/mol. The minimum Gasteiger partial charge on any atom is -0.477 e. The molecule has 0 saturated heterocycles. The highest BCUT2D eigenvalue weighted by Crippen LogP contribution is 2.34. The summed E-state index contributed by atoms with van der Waals surface area (Å²) in [5.74, 6) is -1.11. The van der Waals surface area contributed by atoms with Gasteiger partial charge in [-0.1, -0.05) is 42.5 Å². The Kier molecular flexibility index (Phi) is 3.86. The van der Waals surface area contributed by atoms with Gasteiger partial charge in [0.25, 0.3) is 5.69 Å². The molecule has 0 saturated carbocycles. The molecule has 1 N–H and O–H groups in total. The molecule has 0 atom stereocenters. The molecule has 0 bridgehead atoms. The highest BCUT2D eigenvalue weighted by atomic mass is 32.1. The van der Waals surface area contributed by atoms with Gasteiger partial charge < -0.3 is 5.11 Å². The van der Waals surface area contributed by atoms with Gasteiger partial charge in [-0.25, -0.2) is 9.78 Å². The molecule has 0 unspecified atom stereocenters. The summed E-state index contributed by atoms with van der Waals surface area (Å²) in [6.45, 7) is 0. The zero-order valence-electron chi connectivity index (χ0n) is 11.7. The van der Waals surface area contributed by atoms with Crippen molar-refractivity contribution in [3.63, 3.8) is 0 Å². The maximum absolute atomic E-state index is 11.5. The first-order valence-electron chi connectivity index (χ1n) is 6.60. The topological polar surface area (TPSA) is 93.3 Å². The molecular formula is C16H10N2O4S. The maximum Gasteiger partial charge on any atom is 0.348 e. The van der Waals surface area contributed by atoms with Crippen LogP contribution >= 0.6 is 11.3 Å². The van der Waals surface area contributed by atoms with Crippen molar-refractivity contribution in [3.05, 3.63) is 69.6 Å². The van der Waals surface area contributed by atoms with E-state index in [1.165, 1.54) is 18.2 Å². The quantitative estimate of drug-likeness (QED) is 0.576. The summed E-state index contributed by atoms with van der Waals surface area (Å²) in [4.78, 5) is 26.3. The number of benzene rings is 2. The average molecular weight is 326 g/mol. The number of carboxylic acid groups (broad SMARTS) is 1. The number of rotatable bonds is 4. The van der Waals surface area contributed by atoms with Gasteiger partial charge in [0.15, 0.2) is 0 Å². The molecule has 2 aromatic carbocycles. The van der Waals surface area contributed by atoms with E-state index in [9.17, 15) is 20.0 Å². The summed E-state index contributed by atoms with van der Waals surface area (Å²) in [7, 11) is 0.